The first-order chi connectivity index (χ1) is 17.4. The summed E-state index contributed by atoms with van der Waals surface area (Å²) in [7, 11) is 0. The monoisotopic (exact) mass is 488 g/mol. The van der Waals surface area contributed by atoms with Gasteiger partial charge in [0.05, 0.1) is 35.9 Å². The van der Waals surface area contributed by atoms with E-state index in [1.807, 2.05) is 30.9 Å². The second-order valence-corrected chi connectivity index (χ2v) is 9.40. The lowest BCUT2D eigenvalue weighted by atomic mass is 10.1. The van der Waals surface area contributed by atoms with Crippen molar-refractivity contribution in [1.29, 1.82) is 0 Å². The van der Waals surface area contributed by atoms with E-state index in [-0.39, 0.29) is 23.7 Å². The topological polar surface area (TPSA) is 122 Å². The normalized spacial score (nSPS) is 19.2. The molecule has 2 aliphatic heterocycles. The maximum atomic E-state index is 13.4. The number of aromatic amines is 1. The Morgan fingerprint density at radius 3 is 2.53 bits per heavy atom. The molecule has 2 aliphatic rings. The summed E-state index contributed by atoms with van der Waals surface area (Å²) >= 11 is 0. The Morgan fingerprint density at radius 2 is 1.89 bits per heavy atom. The second kappa shape index (κ2) is 8.77. The van der Waals surface area contributed by atoms with Gasteiger partial charge in [0.15, 0.2) is 17.3 Å². The van der Waals surface area contributed by atoms with Crippen molar-refractivity contribution in [2.45, 2.75) is 45.2 Å². The molecule has 6 rings (SSSR count). The number of aryl methyl sites for hydroxylation is 2. The molecular formula is C24H25FN10O. The third kappa shape index (κ3) is 4.18. The SMILES string of the molecule is Cc1cc(Cc2cc(C)[nH]n2)nc(N2CC3CCC(C2)N3C(=O)c2ccc(-n3cc(F)cn3)nn2)n1. The highest BCUT2D eigenvalue weighted by Crippen LogP contribution is 2.33. The molecule has 2 fully saturated rings. The number of fused-ring (bicyclic) bond motifs is 2. The number of hydrogen-bond acceptors (Lipinski definition) is 8. The number of anilines is 1. The molecule has 36 heavy (non-hydrogen) atoms. The van der Waals surface area contributed by atoms with Crippen molar-refractivity contribution in [3.8, 4) is 5.82 Å². The van der Waals surface area contributed by atoms with E-state index in [4.69, 9.17) is 9.97 Å². The summed E-state index contributed by atoms with van der Waals surface area (Å²) in [5.41, 5.74) is 4.04. The van der Waals surface area contributed by atoms with Crippen LogP contribution in [0.2, 0.25) is 0 Å². The van der Waals surface area contributed by atoms with E-state index in [1.165, 1.54) is 10.9 Å². The van der Waals surface area contributed by atoms with Crippen LogP contribution in [0.15, 0.2) is 36.7 Å². The number of H-pyrrole nitrogens is 1. The molecule has 11 nitrogen and oxygen atoms in total. The van der Waals surface area contributed by atoms with Crippen molar-refractivity contribution < 1.29 is 9.18 Å². The number of rotatable bonds is 5. The predicted octanol–water partition coefficient (Wildman–Crippen LogP) is 2.02. The van der Waals surface area contributed by atoms with Gasteiger partial charge in [-0.25, -0.2) is 19.0 Å². The van der Waals surface area contributed by atoms with Gasteiger partial charge in [-0.3, -0.25) is 9.89 Å². The van der Waals surface area contributed by atoms with Crippen molar-refractivity contribution in [3.05, 3.63) is 70.9 Å². The molecule has 1 N–H and O–H groups in total. The van der Waals surface area contributed by atoms with Gasteiger partial charge in [0.25, 0.3) is 5.91 Å². The van der Waals surface area contributed by atoms with Gasteiger partial charge in [-0.15, -0.1) is 10.2 Å². The first kappa shape index (κ1) is 22.3. The molecular weight excluding hydrogens is 463 g/mol. The van der Waals surface area contributed by atoms with Crippen molar-refractivity contribution in [3.63, 3.8) is 0 Å². The fraction of sp³-hybridized carbons (Fsp3) is 0.375. The van der Waals surface area contributed by atoms with Crippen LogP contribution in [0, 0.1) is 19.7 Å². The van der Waals surface area contributed by atoms with E-state index in [9.17, 15) is 9.18 Å². The summed E-state index contributed by atoms with van der Waals surface area (Å²) in [5.74, 6) is 0.428. The molecule has 2 unspecified atom stereocenters. The molecule has 0 spiro atoms. The maximum Gasteiger partial charge on any atom is 0.274 e. The lowest BCUT2D eigenvalue weighted by Crippen LogP contribution is -2.56. The zero-order chi connectivity index (χ0) is 24.8. The van der Waals surface area contributed by atoms with Gasteiger partial charge in [-0.05, 0) is 51.0 Å². The number of amides is 1. The first-order valence-corrected chi connectivity index (χ1v) is 11.9. The number of halogens is 1. The van der Waals surface area contributed by atoms with Gasteiger partial charge in [-0.2, -0.15) is 10.2 Å². The van der Waals surface area contributed by atoms with Gasteiger partial charge < -0.3 is 9.80 Å². The van der Waals surface area contributed by atoms with Crippen LogP contribution in [-0.2, 0) is 6.42 Å². The van der Waals surface area contributed by atoms with Gasteiger partial charge in [0, 0.05) is 30.9 Å². The van der Waals surface area contributed by atoms with E-state index in [1.54, 1.807) is 12.1 Å². The van der Waals surface area contributed by atoms with Crippen molar-refractivity contribution in [1.82, 2.24) is 45.0 Å². The molecule has 12 heteroatoms. The van der Waals surface area contributed by atoms with Crippen LogP contribution in [0.1, 0.15) is 46.1 Å². The van der Waals surface area contributed by atoms with Crippen LogP contribution in [0.3, 0.4) is 0 Å². The van der Waals surface area contributed by atoms with Crippen LogP contribution >= 0.6 is 0 Å². The van der Waals surface area contributed by atoms with Crippen LogP contribution in [0.5, 0.6) is 0 Å². The van der Waals surface area contributed by atoms with E-state index in [2.05, 4.69) is 30.4 Å². The van der Waals surface area contributed by atoms with Gasteiger partial charge in [0.1, 0.15) is 0 Å². The van der Waals surface area contributed by atoms with Crippen molar-refractivity contribution >= 4 is 11.9 Å². The lowest BCUT2D eigenvalue weighted by Gasteiger charge is -2.41. The van der Waals surface area contributed by atoms with Crippen molar-refractivity contribution in [2.24, 2.45) is 0 Å². The maximum absolute atomic E-state index is 13.4. The second-order valence-electron chi connectivity index (χ2n) is 9.40. The van der Waals surface area contributed by atoms with Crippen LogP contribution in [0.4, 0.5) is 10.3 Å². The smallest absolute Gasteiger partial charge is 0.274 e. The Kier molecular flexibility index (Phi) is 5.42. The van der Waals surface area contributed by atoms with Crippen LogP contribution < -0.4 is 4.90 Å². The highest BCUT2D eigenvalue weighted by atomic mass is 19.1. The Bertz CT molecular complexity index is 1400. The summed E-state index contributed by atoms with van der Waals surface area (Å²) < 4.78 is 14.5. The predicted molar refractivity (Wildman–Crippen MR) is 127 cm³/mol. The Hall–Kier alpha value is -4.22. The number of hydrogen-bond donors (Lipinski definition) is 1. The molecule has 6 heterocycles. The number of nitrogens with one attached hydrogen (secondary N) is 1. The summed E-state index contributed by atoms with van der Waals surface area (Å²) in [6.07, 6.45) is 4.76. The molecule has 0 radical (unpaired) electrons. The van der Waals surface area contributed by atoms with Crippen LogP contribution in [0.25, 0.3) is 5.82 Å². The van der Waals surface area contributed by atoms with Gasteiger partial charge in [-0.1, -0.05) is 0 Å². The molecule has 2 atom stereocenters. The summed E-state index contributed by atoms with van der Waals surface area (Å²) in [5, 5.41) is 19.3. The minimum Gasteiger partial charge on any atom is -0.337 e. The Balaban J connectivity index is 1.18. The van der Waals surface area contributed by atoms with Gasteiger partial charge in [0.2, 0.25) is 5.95 Å². The first-order valence-electron chi connectivity index (χ1n) is 11.9. The standard InChI is InChI=1S/C24H25FN10O/c1-14-7-17(9-18-8-15(2)29-30-18)28-24(27-14)33-12-19-3-4-20(13-33)35(19)23(36)21-5-6-22(32-31-21)34-11-16(25)10-26-34/h5-8,10-11,19-20H,3-4,9,12-13H2,1-2H3,(H,29,30). The minimum atomic E-state index is -0.465. The molecule has 1 amide bonds. The lowest BCUT2D eigenvalue weighted by molar-refractivity contribution is 0.0633. The molecule has 2 saturated heterocycles. The zero-order valence-corrected chi connectivity index (χ0v) is 20.0. The molecule has 4 aromatic rings. The molecule has 184 valence electrons. The fourth-order valence-corrected chi connectivity index (χ4v) is 5.12. The largest absolute Gasteiger partial charge is 0.337 e. The minimum absolute atomic E-state index is 0.0412. The fourth-order valence-electron chi connectivity index (χ4n) is 5.12. The number of aromatic nitrogens is 8. The van der Waals surface area contributed by atoms with E-state index in [0.717, 1.165) is 41.8 Å². The number of piperazine rings is 1. The summed E-state index contributed by atoms with van der Waals surface area (Å²) in [4.78, 5) is 27.0. The quantitative estimate of drug-likeness (QED) is 0.453. The van der Waals surface area contributed by atoms with E-state index >= 15 is 0 Å². The molecule has 2 bridgehead atoms. The third-order valence-corrected chi connectivity index (χ3v) is 6.67. The third-order valence-electron chi connectivity index (χ3n) is 6.67. The average Bonchev–Trinajstić information content (AvgIpc) is 3.55. The molecule has 0 aliphatic carbocycles. The van der Waals surface area contributed by atoms with E-state index in [0.29, 0.717) is 31.3 Å². The number of carbonyl (C=O) groups is 1. The van der Waals surface area contributed by atoms with E-state index < -0.39 is 5.82 Å². The number of carbonyl (C=O) groups excluding carboxylic acids is 1. The zero-order valence-electron chi connectivity index (χ0n) is 20.0. The van der Waals surface area contributed by atoms with Crippen molar-refractivity contribution in [2.75, 3.05) is 18.0 Å². The Labute approximate surface area is 206 Å². The molecule has 0 aromatic carbocycles. The highest BCUT2D eigenvalue weighted by Gasteiger charge is 2.44. The summed E-state index contributed by atoms with van der Waals surface area (Å²) in [6, 6.07) is 7.32. The number of nitrogens with zero attached hydrogens (tertiary/aromatic N) is 9. The summed E-state index contributed by atoms with van der Waals surface area (Å²) in [6.45, 7) is 5.26. The van der Waals surface area contributed by atoms with Crippen LogP contribution in [-0.4, -0.2) is 76.1 Å². The average molecular weight is 489 g/mol. The molecule has 0 saturated carbocycles. The Morgan fingerprint density at radius 1 is 1.08 bits per heavy atom. The van der Waals surface area contributed by atoms with Gasteiger partial charge >= 0.3 is 0 Å². The molecule has 4 aromatic heterocycles. The highest BCUT2D eigenvalue weighted by molar-refractivity contribution is 5.93.